The number of hydrogen-bond acceptors (Lipinski definition) is 1. The lowest BCUT2D eigenvalue weighted by molar-refractivity contribution is -0.422. The first-order valence-electron chi connectivity index (χ1n) is 5.33. The van der Waals surface area contributed by atoms with Crippen molar-refractivity contribution >= 4 is 0 Å². The Morgan fingerprint density at radius 3 is 1.55 bits per heavy atom. The van der Waals surface area contributed by atoms with E-state index in [-0.39, 0.29) is 0 Å². The molecule has 0 aromatic rings. The van der Waals surface area contributed by atoms with Crippen LogP contribution in [0.4, 0.5) is 48.3 Å². The number of rotatable bonds is 8. The molecule has 0 saturated heterocycles. The van der Waals surface area contributed by atoms with E-state index in [9.17, 15) is 48.3 Å². The molecular formula is C10H9F11O. The van der Waals surface area contributed by atoms with Gasteiger partial charge < -0.3 is 4.74 Å². The summed E-state index contributed by atoms with van der Waals surface area (Å²) in [6.45, 7) is 1.30. The maximum absolute atomic E-state index is 13.0. The number of hydrogen-bond donors (Lipinski definition) is 0. The topological polar surface area (TPSA) is 9.23 Å². The number of alkyl halides is 11. The standard InChI is InChI=1S/C10H9F11O/c1-2-4-22-5-3-6(11,12)7(13,14)8(15,16)9(17,18)10(19,20)21/h2H,1,3-5H2. The van der Waals surface area contributed by atoms with E-state index >= 15 is 0 Å². The summed E-state index contributed by atoms with van der Waals surface area (Å²) in [4.78, 5) is 0. The summed E-state index contributed by atoms with van der Waals surface area (Å²) in [7, 11) is 0. The van der Waals surface area contributed by atoms with Crippen molar-refractivity contribution in [1.29, 1.82) is 0 Å². The van der Waals surface area contributed by atoms with E-state index in [0.717, 1.165) is 6.08 Å². The molecule has 0 atom stereocenters. The molecule has 0 N–H and O–H groups in total. The van der Waals surface area contributed by atoms with Crippen LogP contribution in [0.3, 0.4) is 0 Å². The van der Waals surface area contributed by atoms with Crippen LogP contribution >= 0.6 is 0 Å². The zero-order chi connectivity index (χ0) is 18.0. The first kappa shape index (κ1) is 20.9. The van der Waals surface area contributed by atoms with Gasteiger partial charge in [0.05, 0.1) is 13.2 Å². The molecule has 0 spiro atoms. The maximum atomic E-state index is 13.0. The van der Waals surface area contributed by atoms with E-state index < -0.39 is 49.5 Å². The minimum Gasteiger partial charge on any atom is -0.377 e. The van der Waals surface area contributed by atoms with Gasteiger partial charge in [-0.05, 0) is 0 Å². The lowest BCUT2D eigenvalue weighted by atomic mass is 9.96. The fourth-order valence-corrected chi connectivity index (χ4v) is 1.13. The summed E-state index contributed by atoms with van der Waals surface area (Å²) in [5, 5.41) is 0. The molecule has 0 aromatic heterocycles. The Balaban J connectivity index is 5.45. The van der Waals surface area contributed by atoms with E-state index in [4.69, 9.17) is 0 Å². The average molecular weight is 354 g/mol. The largest absolute Gasteiger partial charge is 0.460 e. The molecule has 0 aliphatic heterocycles. The minimum atomic E-state index is -7.36. The highest BCUT2D eigenvalue weighted by Crippen LogP contribution is 2.57. The van der Waals surface area contributed by atoms with E-state index in [1.54, 1.807) is 0 Å². The van der Waals surface area contributed by atoms with Crippen molar-refractivity contribution in [2.24, 2.45) is 0 Å². The highest BCUT2D eigenvalue weighted by atomic mass is 19.4. The van der Waals surface area contributed by atoms with Crippen LogP contribution in [0.15, 0.2) is 12.7 Å². The van der Waals surface area contributed by atoms with Gasteiger partial charge in [0.15, 0.2) is 0 Å². The Kier molecular flexibility index (Phi) is 5.90. The quantitative estimate of drug-likeness (QED) is 0.349. The predicted octanol–water partition coefficient (Wildman–Crippen LogP) is 4.68. The summed E-state index contributed by atoms with van der Waals surface area (Å²) in [5.74, 6) is -27.5. The van der Waals surface area contributed by atoms with Crippen molar-refractivity contribution < 1.29 is 53.0 Å². The van der Waals surface area contributed by atoms with Crippen molar-refractivity contribution in [2.45, 2.75) is 36.3 Å². The summed E-state index contributed by atoms with van der Waals surface area (Å²) in [6.07, 6.45) is -8.37. The van der Waals surface area contributed by atoms with Crippen molar-refractivity contribution in [3.05, 3.63) is 12.7 Å². The third-order valence-corrected chi connectivity index (χ3v) is 2.40. The zero-order valence-corrected chi connectivity index (χ0v) is 10.5. The summed E-state index contributed by atoms with van der Waals surface area (Å²) in [6, 6.07) is 0. The fraction of sp³-hybridized carbons (Fsp3) is 0.800. The minimum absolute atomic E-state index is 0.448. The lowest BCUT2D eigenvalue weighted by Crippen LogP contribution is -2.66. The second-order valence-electron chi connectivity index (χ2n) is 4.04. The lowest BCUT2D eigenvalue weighted by Gasteiger charge is -2.37. The molecular weight excluding hydrogens is 345 g/mol. The smallest absolute Gasteiger partial charge is 0.377 e. The molecule has 0 radical (unpaired) electrons. The Labute approximate surface area is 116 Å². The molecule has 0 fully saturated rings. The van der Waals surface area contributed by atoms with Gasteiger partial charge in [-0.2, -0.15) is 48.3 Å². The summed E-state index contributed by atoms with van der Waals surface area (Å²) < 4.78 is 142. The molecule has 0 aliphatic carbocycles. The molecule has 0 amide bonds. The molecule has 12 heteroatoms. The molecule has 132 valence electrons. The van der Waals surface area contributed by atoms with Crippen LogP contribution in [0.25, 0.3) is 0 Å². The fourth-order valence-electron chi connectivity index (χ4n) is 1.13. The van der Waals surface area contributed by atoms with Gasteiger partial charge in [0.2, 0.25) is 0 Å². The molecule has 0 heterocycles. The highest BCUT2D eigenvalue weighted by molar-refractivity contribution is 5.06. The van der Waals surface area contributed by atoms with Crippen LogP contribution in [-0.2, 0) is 4.74 Å². The first-order valence-corrected chi connectivity index (χ1v) is 5.33. The van der Waals surface area contributed by atoms with Crippen molar-refractivity contribution in [2.75, 3.05) is 13.2 Å². The van der Waals surface area contributed by atoms with E-state index in [1.165, 1.54) is 0 Å². The number of ether oxygens (including phenoxy) is 1. The predicted molar refractivity (Wildman–Crippen MR) is 51.5 cm³/mol. The van der Waals surface area contributed by atoms with Crippen LogP contribution in [0.1, 0.15) is 6.42 Å². The van der Waals surface area contributed by atoms with Crippen LogP contribution in [0.5, 0.6) is 0 Å². The first-order chi connectivity index (χ1) is 9.56. The Morgan fingerprint density at radius 2 is 1.18 bits per heavy atom. The van der Waals surface area contributed by atoms with Gasteiger partial charge in [0.25, 0.3) is 0 Å². The SMILES string of the molecule is C=CCOCCC(F)(F)C(F)(F)C(F)(F)C(F)(F)C(F)(F)F. The van der Waals surface area contributed by atoms with Crippen molar-refractivity contribution in [3.63, 3.8) is 0 Å². The van der Waals surface area contributed by atoms with Gasteiger partial charge in [-0.25, -0.2) is 0 Å². The van der Waals surface area contributed by atoms with Crippen molar-refractivity contribution in [3.8, 4) is 0 Å². The molecule has 0 saturated carbocycles. The maximum Gasteiger partial charge on any atom is 0.460 e. The Bertz CT molecular complexity index is 385. The number of halogens is 11. The third kappa shape index (κ3) is 3.46. The molecule has 0 unspecified atom stereocenters. The average Bonchev–Trinajstić information content (AvgIpc) is 2.32. The van der Waals surface area contributed by atoms with Gasteiger partial charge in [0, 0.05) is 6.42 Å². The Hall–Kier alpha value is -1.07. The molecule has 0 rings (SSSR count). The Morgan fingerprint density at radius 1 is 0.727 bits per heavy atom. The van der Waals surface area contributed by atoms with Gasteiger partial charge in [-0.3, -0.25) is 0 Å². The summed E-state index contributed by atoms with van der Waals surface area (Å²) in [5.41, 5.74) is 0. The zero-order valence-electron chi connectivity index (χ0n) is 10.5. The van der Waals surface area contributed by atoms with Gasteiger partial charge in [-0.15, -0.1) is 6.58 Å². The van der Waals surface area contributed by atoms with E-state index in [2.05, 4.69) is 11.3 Å². The van der Waals surface area contributed by atoms with Crippen LogP contribution in [-0.4, -0.2) is 43.1 Å². The van der Waals surface area contributed by atoms with Crippen molar-refractivity contribution in [1.82, 2.24) is 0 Å². The van der Waals surface area contributed by atoms with Crippen LogP contribution < -0.4 is 0 Å². The highest BCUT2D eigenvalue weighted by Gasteiger charge is 2.86. The summed E-state index contributed by atoms with van der Waals surface area (Å²) >= 11 is 0. The normalized spacial score (nSPS) is 15.0. The molecule has 0 aliphatic rings. The molecule has 22 heavy (non-hydrogen) atoms. The van der Waals surface area contributed by atoms with E-state index in [0.29, 0.717) is 0 Å². The molecule has 0 aromatic carbocycles. The van der Waals surface area contributed by atoms with Crippen LogP contribution in [0.2, 0.25) is 0 Å². The van der Waals surface area contributed by atoms with Gasteiger partial charge in [-0.1, -0.05) is 6.08 Å². The monoisotopic (exact) mass is 354 g/mol. The van der Waals surface area contributed by atoms with Gasteiger partial charge in [0.1, 0.15) is 0 Å². The van der Waals surface area contributed by atoms with E-state index in [1.807, 2.05) is 0 Å². The van der Waals surface area contributed by atoms with Crippen LogP contribution in [0, 0.1) is 0 Å². The molecule has 1 nitrogen and oxygen atoms in total. The third-order valence-electron chi connectivity index (χ3n) is 2.40. The second-order valence-corrected chi connectivity index (χ2v) is 4.04. The molecule has 0 bridgehead atoms. The van der Waals surface area contributed by atoms with Gasteiger partial charge >= 0.3 is 29.9 Å². The second kappa shape index (κ2) is 6.20.